The summed E-state index contributed by atoms with van der Waals surface area (Å²) in [4.78, 5) is 14.5. The topological polar surface area (TPSA) is 56.1 Å². The van der Waals surface area contributed by atoms with Gasteiger partial charge in [0.25, 0.3) is 0 Å². The molecule has 0 heterocycles. The molecule has 0 unspecified atom stereocenters. The van der Waals surface area contributed by atoms with E-state index in [9.17, 15) is 4.79 Å². The Morgan fingerprint density at radius 1 is 1.16 bits per heavy atom. The molecule has 1 N–H and O–H groups in total. The summed E-state index contributed by atoms with van der Waals surface area (Å²) >= 11 is 0. The summed E-state index contributed by atoms with van der Waals surface area (Å²) in [7, 11) is 1.94. The van der Waals surface area contributed by atoms with Crippen LogP contribution in [0.25, 0.3) is 0 Å². The van der Waals surface area contributed by atoms with Crippen LogP contribution in [0.5, 0.6) is 0 Å². The molecule has 0 bridgehead atoms. The van der Waals surface area contributed by atoms with Gasteiger partial charge in [-0.15, -0.1) is 0 Å². The van der Waals surface area contributed by atoms with Gasteiger partial charge in [-0.1, -0.05) is 42.5 Å². The van der Waals surface area contributed by atoms with E-state index < -0.39 is 0 Å². The number of likely N-dealkylation sites (N-methyl/N-ethyl adjacent to an activating group) is 1. The molecule has 1 fully saturated rings. The second kappa shape index (κ2) is 7.50. The normalized spacial score (nSPS) is 15.2. The number of hydrogen-bond acceptors (Lipinski definition) is 3. The number of nitriles is 1. The fraction of sp³-hybridized carbons (Fsp3) is 0.333. The minimum absolute atomic E-state index is 0.0553. The maximum absolute atomic E-state index is 12.5. The third kappa shape index (κ3) is 4.07. The summed E-state index contributed by atoms with van der Waals surface area (Å²) in [5, 5.41) is 12.1. The highest BCUT2D eigenvalue weighted by Crippen LogP contribution is 2.41. The van der Waals surface area contributed by atoms with Gasteiger partial charge >= 0.3 is 0 Å². The monoisotopic (exact) mass is 333 g/mol. The van der Waals surface area contributed by atoms with Crippen molar-refractivity contribution in [2.45, 2.75) is 31.3 Å². The number of nitrogens with one attached hydrogen (secondary N) is 1. The van der Waals surface area contributed by atoms with Gasteiger partial charge in [0, 0.05) is 6.54 Å². The van der Waals surface area contributed by atoms with E-state index in [-0.39, 0.29) is 11.4 Å². The van der Waals surface area contributed by atoms with E-state index in [0.29, 0.717) is 18.7 Å². The minimum Gasteiger partial charge on any atom is -0.345 e. The molecule has 0 atom stereocenters. The second-order valence-electron chi connectivity index (χ2n) is 6.83. The number of amides is 1. The largest absolute Gasteiger partial charge is 0.345 e. The molecule has 1 amide bonds. The third-order valence-electron chi connectivity index (χ3n) is 4.86. The number of rotatable bonds is 6. The molecule has 3 rings (SSSR count). The van der Waals surface area contributed by atoms with Gasteiger partial charge in [-0.25, -0.2) is 0 Å². The van der Waals surface area contributed by atoms with Crippen LogP contribution in [0.4, 0.5) is 0 Å². The van der Waals surface area contributed by atoms with Crippen molar-refractivity contribution in [1.29, 1.82) is 5.26 Å². The first-order valence-electron chi connectivity index (χ1n) is 8.65. The standard InChI is InChI=1S/C21H23N3O/c1-24(15-18-10-8-17(14-22)9-11-18)16-20(25)23-21(12-5-13-21)19-6-3-2-4-7-19/h2-4,6-11H,5,12-13,15-16H2,1H3,(H,23,25). The van der Waals surface area contributed by atoms with Gasteiger partial charge in [0.05, 0.1) is 23.7 Å². The molecule has 1 aliphatic rings. The fourth-order valence-electron chi connectivity index (χ4n) is 3.38. The SMILES string of the molecule is CN(CC(=O)NC1(c2ccccc2)CCC1)Cc1ccc(C#N)cc1. The summed E-state index contributed by atoms with van der Waals surface area (Å²) in [5.74, 6) is 0.0553. The Bertz CT molecular complexity index is 758. The average Bonchev–Trinajstić information content (AvgIpc) is 2.59. The van der Waals surface area contributed by atoms with Crippen LogP contribution < -0.4 is 5.32 Å². The second-order valence-corrected chi connectivity index (χ2v) is 6.83. The fourth-order valence-corrected chi connectivity index (χ4v) is 3.38. The molecule has 128 valence electrons. The zero-order valence-electron chi connectivity index (χ0n) is 14.5. The Morgan fingerprint density at radius 3 is 2.40 bits per heavy atom. The molecule has 0 saturated heterocycles. The number of hydrogen-bond donors (Lipinski definition) is 1. The van der Waals surface area contributed by atoms with Crippen LogP contribution in [-0.2, 0) is 16.9 Å². The lowest BCUT2D eigenvalue weighted by Gasteiger charge is -2.43. The van der Waals surface area contributed by atoms with Gasteiger partial charge in [0.15, 0.2) is 0 Å². The third-order valence-corrected chi connectivity index (χ3v) is 4.86. The summed E-state index contributed by atoms with van der Waals surface area (Å²) in [6.45, 7) is 1.03. The van der Waals surface area contributed by atoms with Crippen LogP contribution >= 0.6 is 0 Å². The molecule has 4 heteroatoms. The van der Waals surface area contributed by atoms with E-state index in [0.717, 1.165) is 24.8 Å². The van der Waals surface area contributed by atoms with Gasteiger partial charge in [-0.2, -0.15) is 5.26 Å². The van der Waals surface area contributed by atoms with Gasteiger partial charge < -0.3 is 5.32 Å². The molecule has 0 aliphatic heterocycles. The van der Waals surface area contributed by atoms with E-state index in [2.05, 4.69) is 23.5 Å². The van der Waals surface area contributed by atoms with Crippen LogP contribution in [0.1, 0.15) is 36.0 Å². The number of benzene rings is 2. The van der Waals surface area contributed by atoms with Crippen LogP contribution in [-0.4, -0.2) is 24.4 Å². The van der Waals surface area contributed by atoms with E-state index in [4.69, 9.17) is 5.26 Å². The van der Waals surface area contributed by atoms with Crippen molar-refractivity contribution in [3.8, 4) is 6.07 Å². The lowest BCUT2D eigenvalue weighted by molar-refractivity contribution is -0.125. The van der Waals surface area contributed by atoms with E-state index in [1.54, 1.807) is 0 Å². The van der Waals surface area contributed by atoms with E-state index in [1.807, 2.05) is 54.4 Å². The number of carbonyl (C=O) groups excluding carboxylic acids is 1. The van der Waals surface area contributed by atoms with Crippen LogP contribution in [0.3, 0.4) is 0 Å². The molecule has 1 saturated carbocycles. The molecule has 1 aliphatic carbocycles. The molecular weight excluding hydrogens is 310 g/mol. The van der Waals surface area contributed by atoms with Gasteiger partial charge in [0.1, 0.15) is 0 Å². The zero-order chi connectivity index (χ0) is 17.7. The maximum atomic E-state index is 12.5. The summed E-state index contributed by atoms with van der Waals surface area (Å²) in [6, 6.07) is 19.9. The van der Waals surface area contributed by atoms with E-state index in [1.165, 1.54) is 5.56 Å². The summed E-state index contributed by atoms with van der Waals surface area (Å²) in [5.41, 5.74) is 2.76. The van der Waals surface area contributed by atoms with Crippen molar-refractivity contribution in [2.75, 3.05) is 13.6 Å². The Hall–Kier alpha value is -2.64. The molecule has 4 nitrogen and oxygen atoms in total. The molecule has 2 aromatic carbocycles. The summed E-state index contributed by atoms with van der Waals surface area (Å²) in [6.07, 6.45) is 3.15. The lowest BCUT2D eigenvalue weighted by atomic mass is 9.72. The van der Waals surface area contributed by atoms with Gasteiger partial charge in [0.2, 0.25) is 5.91 Å². The van der Waals surface area contributed by atoms with Crippen molar-refractivity contribution in [1.82, 2.24) is 10.2 Å². The quantitative estimate of drug-likeness (QED) is 0.883. The summed E-state index contributed by atoms with van der Waals surface area (Å²) < 4.78 is 0. The smallest absolute Gasteiger partial charge is 0.234 e. The predicted molar refractivity (Wildman–Crippen MR) is 97.6 cm³/mol. The molecule has 25 heavy (non-hydrogen) atoms. The molecule has 0 radical (unpaired) electrons. The zero-order valence-corrected chi connectivity index (χ0v) is 14.5. The van der Waals surface area contributed by atoms with Crippen molar-refractivity contribution in [2.24, 2.45) is 0 Å². The van der Waals surface area contributed by atoms with Crippen LogP contribution in [0.2, 0.25) is 0 Å². The highest BCUT2D eigenvalue weighted by atomic mass is 16.2. The van der Waals surface area contributed by atoms with Gasteiger partial charge in [-0.05, 0) is 49.6 Å². The number of nitrogens with zero attached hydrogens (tertiary/aromatic N) is 2. The Labute approximate surface area is 149 Å². The molecule has 0 aromatic heterocycles. The molecular formula is C21H23N3O. The Morgan fingerprint density at radius 2 is 1.84 bits per heavy atom. The highest BCUT2D eigenvalue weighted by Gasteiger charge is 2.39. The van der Waals surface area contributed by atoms with Gasteiger partial charge in [-0.3, -0.25) is 9.69 Å². The first kappa shape index (κ1) is 17.2. The van der Waals surface area contributed by atoms with Crippen molar-refractivity contribution < 1.29 is 4.79 Å². The lowest BCUT2D eigenvalue weighted by Crippen LogP contribution is -2.52. The van der Waals surface area contributed by atoms with Crippen molar-refractivity contribution >= 4 is 5.91 Å². The van der Waals surface area contributed by atoms with E-state index >= 15 is 0 Å². The van der Waals surface area contributed by atoms with Crippen molar-refractivity contribution in [3.05, 3.63) is 71.3 Å². The average molecular weight is 333 g/mol. The van der Waals surface area contributed by atoms with Crippen LogP contribution in [0, 0.1) is 11.3 Å². The van der Waals surface area contributed by atoms with Crippen molar-refractivity contribution in [3.63, 3.8) is 0 Å². The molecule has 2 aromatic rings. The first-order valence-corrected chi connectivity index (χ1v) is 8.65. The van der Waals surface area contributed by atoms with Crippen LogP contribution in [0.15, 0.2) is 54.6 Å². The first-order chi connectivity index (χ1) is 12.1. The number of carbonyl (C=O) groups is 1. The minimum atomic E-state index is -0.187. The maximum Gasteiger partial charge on any atom is 0.234 e. The highest BCUT2D eigenvalue weighted by molar-refractivity contribution is 5.79. The molecule has 0 spiro atoms. The predicted octanol–water partition coefficient (Wildman–Crippen LogP) is 3.19. The Balaban J connectivity index is 1.57. The Kier molecular flexibility index (Phi) is 5.16.